The second-order valence-electron chi connectivity index (χ2n) is 3.54. The number of H-pyrrole nitrogens is 1. The maximum Gasteiger partial charge on any atom is 0.295 e. The summed E-state index contributed by atoms with van der Waals surface area (Å²) in [6, 6.07) is 8.81. The van der Waals surface area contributed by atoms with Crippen LogP contribution in [0.3, 0.4) is 0 Å². The average molecular weight is 242 g/mol. The summed E-state index contributed by atoms with van der Waals surface area (Å²) in [5.74, 6) is -0.384. The van der Waals surface area contributed by atoms with E-state index < -0.39 is 5.91 Å². The topological polar surface area (TPSA) is 112 Å². The van der Waals surface area contributed by atoms with Gasteiger partial charge in [-0.15, -0.1) is 5.10 Å². The summed E-state index contributed by atoms with van der Waals surface area (Å²) in [7, 11) is 1.55. The van der Waals surface area contributed by atoms with Gasteiger partial charge in [-0.25, -0.2) is 0 Å². The van der Waals surface area contributed by atoms with Crippen LogP contribution in [0.25, 0.3) is 0 Å². The van der Waals surface area contributed by atoms with Crippen molar-refractivity contribution < 1.29 is 4.79 Å². The number of aromatic amines is 1. The van der Waals surface area contributed by atoms with Gasteiger partial charge in [-0.05, 0) is 12.1 Å². The number of anilines is 2. The molecule has 7 heteroatoms. The Morgan fingerprint density at radius 1 is 1.50 bits per heavy atom. The number of nitrogens with zero attached hydrogens (tertiary/aromatic N) is 4. The van der Waals surface area contributed by atoms with Gasteiger partial charge >= 0.3 is 0 Å². The van der Waals surface area contributed by atoms with Crippen molar-refractivity contribution in [3.63, 3.8) is 0 Å². The fourth-order valence-electron chi connectivity index (χ4n) is 1.50. The third-order valence-corrected chi connectivity index (χ3v) is 2.40. The van der Waals surface area contributed by atoms with Gasteiger partial charge < -0.3 is 10.6 Å². The summed E-state index contributed by atoms with van der Waals surface area (Å²) in [6.45, 7) is 0. The van der Waals surface area contributed by atoms with Gasteiger partial charge in [-0.1, -0.05) is 12.1 Å². The molecule has 0 fully saturated rings. The number of carbonyl (C=O) groups is 1. The molecule has 3 N–H and O–H groups in total. The number of benzene rings is 1. The van der Waals surface area contributed by atoms with Crippen LogP contribution in [0.1, 0.15) is 16.2 Å². The Kier molecular flexibility index (Phi) is 2.93. The molecule has 0 spiro atoms. The third-order valence-electron chi connectivity index (χ3n) is 2.40. The number of nitrogen functional groups attached to an aromatic ring is 1. The summed E-state index contributed by atoms with van der Waals surface area (Å²) in [4.78, 5) is 17.1. The molecule has 0 aliphatic heterocycles. The number of para-hydroxylation sites is 1. The lowest BCUT2D eigenvalue weighted by atomic mass is 10.2. The zero-order valence-electron chi connectivity index (χ0n) is 9.58. The van der Waals surface area contributed by atoms with E-state index in [9.17, 15) is 4.79 Å². The van der Waals surface area contributed by atoms with Gasteiger partial charge in [-0.2, -0.15) is 10.2 Å². The van der Waals surface area contributed by atoms with Crippen LogP contribution in [-0.4, -0.2) is 28.1 Å². The predicted molar refractivity (Wildman–Crippen MR) is 64.7 cm³/mol. The zero-order chi connectivity index (χ0) is 13.1. The summed E-state index contributed by atoms with van der Waals surface area (Å²) < 4.78 is 0. The van der Waals surface area contributed by atoms with Gasteiger partial charge in [0, 0.05) is 7.05 Å². The summed E-state index contributed by atoms with van der Waals surface area (Å²) in [6.07, 6.45) is 0. The molecule has 1 aromatic heterocycles. The lowest BCUT2D eigenvalue weighted by Crippen LogP contribution is -2.28. The van der Waals surface area contributed by atoms with Gasteiger partial charge in [-0.3, -0.25) is 9.89 Å². The maximum atomic E-state index is 12.1. The maximum absolute atomic E-state index is 12.1. The number of hydrogen-bond donors (Lipinski definition) is 2. The monoisotopic (exact) mass is 242 g/mol. The van der Waals surface area contributed by atoms with Gasteiger partial charge in [0.05, 0.1) is 11.3 Å². The minimum Gasteiger partial charge on any atom is -0.366 e. The zero-order valence-corrected chi connectivity index (χ0v) is 9.58. The van der Waals surface area contributed by atoms with Gasteiger partial charge in [0.15, 0.2) is 0 Å². The quantitative estimate of drug-likeness (QED) is 0.797. The molecule has 0 saturated heterocycles. The van der Waals surface area contributed by atoms with E-state index in [4.69, 9.17) is 11.0 Å². The molecule has 0 bridgehead atoms. The van der Waals surface area contributed by atoms with Crippen molar-refractivity contribution in [2.75, 3.05) is 17.7 Å². The molecule has 0 saturated carbocycles. The first-order valence-corrected chi connectivity index (χ1v) is 5.08. The van der Waals surface area contributed by atoms with E-state index in [1.54, 1.807) is 31.3 Å². The number of aromatic nitrogens is 3. The van der Waals surface area contributed by atoms with Crippen molar-refractivity contribution in [1.82, 2.24) is 15.2 Å². The molecule has 1 amide bonds. The first-order chi connectivity index (χ1) is 8.63. The molecule has 2 aromatic rings. The van der Waals surface area contributed by atoms with E-state index in [-0.39, 0.29) is 11.8 Å². The fourth-order valence-corrected chi connectivity index (χ4v) is 1.50. The molecule has 0 unspecified atom stereocenters. The first kappa shape index (κ1) is 11.6. The standard InChI is InChI=1S/C11H10N6O/c1-17(8-5-3-2-4-7(8)6-12)10(18)9-14-11(13)16-15-9/h2-5H,1H3,(H3,13,14,15,16). The average Bonchev–Trinajstić information content (AvgIpc) is 2.83. The van der Waals surface area contributed by atoms with E-state index >= 15 is 0 Å². The summed E-state index contributed by atoms with van der Waals surface area (Å²) in [5, 5.41) is 15.0. The number of nitrogens with two attached hydrogens (primary N) is 1. The lowest BCUT2D eigenvalue weighted by Gasteiger charge is -2.16. The van der Waals surface area contributed by atoms with Gasteiger partial charge in [0.2, 0.25) is 11.8 Å². The Morgan fingerprint density at radius 3 is 2.83 bits per heavy atom. The number of amides is 1. The molecular weight excluding hydrogens is 232 g/mol. The number of nitrogens with one attached hydrogen (secondary N) is 1. The smallest absolute Gasteiger partial charge is 0.295 e. The number of hydrogen-bond acceptors (Lipinski definition) is 5. The SMILES string of the molecule is CN(C(=O)c1nc(N)n[nH]1)c1ccccc1C#N. The van der Waals surface area contributed by atoms with Crippen molar-refractivity contribution in [2.24, 2.45) is 0 Å². The van der Waals surface area contributed by atoms with Crippen LogP contribution in [0.2, 0.25) is 0 Å². The van der Waals surface area contributed by atoms with Crippen LogP contribution in [0.5, 0.6) is 0 Å². The van der Waals surface area contributed by atoms with Crippen LogP contribution in [0.4, 0.5) is 11.6 Å². The molecule has 0 aliphatic carbocycles. The van der Waals surface area contributed by atoms with Gasteiger partial charge in [0.25, 0.3) is 5.91 Å². The van der Waals surface area contributed by atoms with Crippen LogP contribution in [0.15, 0.2) is 24.3 Å². The Morgan fingerprint density at radius 2 is 2.22 bits per heavy atom. The van der Waals surface area contributed by atoms with Gasteiger partial charge in [0.1, 0.15) is 6.07 Å². The molecule has 0 atom stereocenters. The van der Waals surface area contributed by atoms with Crippen molar-refractivity contribution in [2.45, 2.75) is 0 Å². The van der Waals surface area contributed by atoms with E-state index in [2.05, 4.69) is 15.2 Å². The number of carbonyl (C=O) groups excluding carboxylic acids is 1. The Hall–Kier alpha value is -2.88. The molecule has 18 heavy (non-hydrogen) atoms. The molecule has 1 aromatic carbocycles. The number of rotatable bonds is 2. The predicted octanol–water partition coefficient (Wildman–Crippen LogP) is 0.535. The number of nitriles is 1. The minimum atomic E-state index is -0.415. The van der Waals surface area contributed by atoms with Crippen LogP contribution in [0, 0.1) is 11.3 Å². The van der Waals surface area contributed by atoms with Crippen LogP contribution in [-0.2, 0) is 0 Å². The molecule has 1 heterocycles. The third kappa shape index (κ3) is 1.99. The first-order valence-electron chi connectivity index (χ1n) is 5.08. The van der Waals surface area contributed by atoms with E-state index in [1.807, 2.05) is 6.07 Å². The largest absolute Gasteiger partial charge is 0.366 e. The highest BCUT2D eigenvalue weighted by Crippen LogP contribution is 2.19. The Balaban J connectivity index is 2.34. The van der Waals surface area contributed by atoms with Crippen molar-refractivity contribution in [1.29, 1.82) is 5.26 Å². The van der Waals surface area contributed by atoms with E-state index in [0.717, 1.165) is 0 Å². The Bertz CT molecular complexity index is 626. The normalized spacial score (nSPS) is 9.78. The van der Waals surface area contributed by atoms with Crippen LogP contribution >= 0.6 is 0 Å². The van der Waals surface area contributed by atoms with E-state index in [1.165, 1.54) is 4.90 Å². The molecule has 0 aliphatic rings. The highest BCUT2D eigenvalue weighted by atomic mass is 16.2. The second-order valence-corrected chi connectivity index (χ2v) is 3.54. The highest BCUT2D eigenvalue weighted by Gasteiger charge is 2.19. The summed E-state index contributed by atoms with van der Waals surface area (Å²) >= 11 is 0. The molecule has 7 nitrogen and oxygen atoms in total. The molecule has 2 rings (SSSR count). The van der Waals surface area contributed by atoms with Crippen molar-refractivity contribution >= 4 is 17.5 Å². The fraction of sp³-hybridized carbons (Fsp3) is 0.0909. The summed E-state index contributed by atoms with van der Waals surface area (Å²) in [5.41, 5.74) is 6.24. The Labute approximate surface area is 103 Å². The van der Waals surface area contributed by atoms with E-state index in [0.29, 0.717) is 11.3 Å². The molecule has 0 radical (unpaired) electrons. The van der Waals surface area contributed by atoms with Crippen LogP contribution < -0.4 is 10.6 Å². The lowest BCUT2D eigenvalue weighted by molar-refractivity contribution is 0.0983. The molecular formula is C11H10N6O. The second kappa shape index (κ2) is 4.55. The minimum absolute atomic E-state index is 0.000295. The highest BCUT2D eigenvalue weighted by molar-refractivity contribution is 6.03. The van der Waals surface area contributed by atoms with Crippen molar-refractivity contribution in [3.05, 3.63) is 35.7 Å². The molecule has 90 valence electrons. The van der Waals surface area contributed by atoms with Crippen molar-refractivity contribution in [3.8, 4) is 6.07 Å².